The van der Waals surface area contributed by atoms with Crippen molar-refractivity contribution >= 4 is 22.8 Å². The van der Waals surface area contributed by atoms with Crippen molar-refractivity contribution in [1.82, 2.24) is 0 Å². The Morgan fingerprint density at radius 3 is 2.81 bits per heavy atom. The number of methoxy groups -OCH3 is 1. The van der Waals surface area contributed by atoms with Gasteiger partial charge in [0.2, 0.25) is 0 Å². The lowest BCUT2D eigenvalue weighted by Gasteiger charge is -2.12. The van der Waals surface area contributed by atoms with Crippen molar-refractivity contribution in [2.45, 2.75) is 31.2 Å². The summed E-state index contributed by atoms with van der Waals surface area (Å²) in [6.07, 6.45) is 3.57. The molecule has 2 heterocycles. The van der Waals surface area contributed by atoms with Gasteiger partial charge in [0.05, 0.1) is 7.11 Å². The summed E-state index contributed by atoms with van der Waals surface area (Å²) in [5.74, 6) is 1.31. The molecule has 5 nitrogen and oxygen atoms in total. The molecule has 108 valence electrons. The molecular weight excluding hydrogens is 270 g/mol. The predicted octanol–water partition coefficient (Wildman–Crippen LogP) is 3.06. The quantitative estimate of drug-likeness (QED) is 0.796. The van der Waals surface area contributed by atoms with Gasteiger partial charge in [0.15, 0.2) is 11.3 Å². The number of hydrogen-bond donors (Lipinski definition) is 0. The van der Waals surface area contributed by atoms with Crippen molar-refractivity contribution in [2.24, 2.45) is 4.99 Å². The first-order valence-electron chi connectivity index (χ1n) is 7.10. The highest BCUT2D eigenvalue weighted by molar-refractivity contribution is 6.08. The Balaban J connectivity index is 1.75. The molecule has 5 heteroatoms. The molecule has 2 aliphatic rings. The molecule has 1 spiro atoms. The molecule has 1 saturated carbocycles. The Bertz CT molecular complexity index is 753. The second-order valence-corrected chi connectivity index (χ2v) is 5.56. The Hall–Kier alpha value is -2.30. The maximum absolute atomic E-state index is 12.1. The van der Waals surface area contributed by atoms with Crippen LogP contribution < -0.4 is 4.74 Å². The summed E-state index contributed by atoms with van der Waals surface area (Å²) in [6.45, 7) is 0. The van der Waals surface area contributed by atoms with Crippen molar-refractivity contribution in [3.8, 4) is 5.75 Å². The van der Waals surface area contributed by atoms with Gasteiger partial charge in [0.1, 0.15) is 11.3 Å². The van der Waals surface area contributed by atoms with E-state index in [1.807, 2.05) is 24.3 Å². The van der Waals surface area contributed by atoms with Crippen LogP contribution in [0, 0.1) is 0 Å². The fourth-order valence-electron chi connectivity index (χ4n) is 3.08. The number of rotatable bonds is 2. The van der Waals surface area contributed by atoms with Gasteiger partial charge in [-0.15, -0.1) is 0 Å². The highest BCUT2D eigenvalue weighted by atomic mass is 16.6. The third-order valence-electron chi connectivity index (χ3n) is 4.25. The third-order valence-corrected chi connectivity index (χ3v) is 4.25. The van der Waals surface area contributed by atoms with E-state index >= 15 is 0 Å². The van der Waals surface area contributed by atoms with E-state index in [1.54, 1.807) is 7.11 Å². The van der Waals surface area contributed by atoms with Crippen LogP contribution in [0.2, 0.25) is 0 Å². The lowest BCUT2D eigenvalue weighted by molar-refractivity contribution is -0.138. The largest absolute Gasteiger partial charge is 0.497 e. The summed E-state index contributed by atoms with van der Waals surface area (Å²) in [6, 6.07) is 7.37. The average molecular weight is 285 g/mol. The van der Waals surface area contributed by atoms with Crippen LogP contribution in [0.3, 0.4) is 0 Å². The fourth-order valence-corrected chi connectivity index (χ4v) is 3.08. The lowest BCUT2D eigenvalue weighted by atomic mass is 10.00. The topological polar surface area (TPSA) is 61.0 Å². The van der Waals surface area contributed by atoms with Crippen molar-refractivity contribution in [1.29, 1.82) is 0 Å². The molecule has 0 atom stereocenters. The van der Waals surface area contributed by atoms with E-state index in [-0.39, 0.29) is 5.97 Å². The van der Waals surface area contributed by atoms with Gasteiger partial charge < -0.3 is 13.9 Å². The zero-order chi connectivity index (χ0) is 14.4. The number of esters is 1. The highest BCUT2D eigenvalue weighted by Crippen LogP contribution is 2.39. The number of benzene rings is 1. The number of carbonyl (C=O) groups is 1. The van der Waals surface area contributed by atoms with Crippen molar-refractivity contribution in [3.63, 3.8) is 0 Å². The number of hydrogen-bond acceptors (Lipinski definition) is 5. The van der Waals surface area contributed by atoms with E-state index in [4.69, 9.17) is 13.9 Å². The standard InChI is InChI=1S/C16H15NO4/c1-19-11-4-5-12-10(8-11)9-13(20-12)14-17-16(15(18)21-14)6-2-3-7-16/h4-5,8-9H,2-3,6-7H2,1H3. The lowest BCUT2D eigenvalue weighted by Crippen LogP contribution is -2.29. The SMILES string of the molecule is COc1ccc2oc(C3=NC4(CCCC4)C(=O)O3)cc2c1. The van der Waals surface area contributed by atoms with Gasteiger partial charge >= 0.3 is 5.97 Å². The minimum absolute atomic E-state index is 0.243. The van der Waals surface area contributed by atoms with E-state index in [0.717, 1.165) is 42.4 Å². The maximum atomic E-state index is 12.1. The summed E-state index contributed by atoms with van der Waals surface area (Å²) in [7, 11) is 1.62. The highest BCUT2D eigenvalue weighted by Gasteiger charge is 2.48. The monoisotopic (exact) mass is 285 g/mol. The molecule has 21 heavy (non-hydrogen) atoms. The Kier molecular flexibility index (Phi) is 2.58. The van der Waals surface area contributed by atoms with Crippen molar-refractivity contribution in [2.75, 3.05) is 7.11 Å². The molecule has 0 radical (unpaired) electrons. The summed E-state index contributed by atoms with van der Waals surface area (Å²) in [5.41, 5.74) is 0.0587. The van der Waals surface area contributed by atoms with E-state index in [0.29, 0.717) is 11.7 Å². The molecule has 0 bridgehead atoms. The number of ether oxygens (including phenoxy) is 2. The van der Waals surface area contributed by atoms with Crippen LogP contribution in [-0.2, 0) is 9.53 Å². The number of aliphatic imine (C=N–C) groups is 1. The summed E-state index contributed by atoms with van der Waals surface area (Å²) < 4.78 is 16.3. The van der Waals surface area contributed by atoms with Crippen LogP contribution in [0.5, 0.6) is 5.75 Å². The zero-order valence-corrected chi connectivity index (χ0v) is 11.7. The first-order valence-corrected chi connectivity index (χ1v) is 7.10. The Morgan fingerprint density at radius 1 is 1.24 bits per heavy atom. The second-order valence-electron chi connectivity index (χ2n) is 5.56. The minimum atomic E-state index is -0.661. The molecule has 1 aliphatic heterocycles. The van der Waals surface area contributed by atoms with Gasteiger partial charge in [-0.25, -0.2) is 9.79 Å². The molecule has 0 N–H and O–H groups in total. The maximum Gasteiger partial charge on any atom is 0.341 e. The number of furan rings is 1. The minimum Gasteiger partial charge on any atom is -0.497 e. The summed E-state index contributed by atoms with van der Waals surface area (Å²) in [4.78, 5) is 16.6. The fraction of sp³-hybridized carbons (Fsp3) is 0.375. The number of fused-ring (bicyclic) bond motifs is 1. The van der Waals surface area contributed by atoms with Crippen molar-refractivity contribution < 1.29 is 18.7 Å². The van der Waals surface area contributed by atoms with Gasteiger partial charge in [0.25, 0.3) is 5.90 Å². The van der Waals surface area contributed by atoms with Crippen LogP contribution in [0.25, 0.3) is 11.0 Å². The van der Waals surface area contributed by atoms with Crippen molar-refractivity contribution in [3.05, 3.63) is 30.0 Å². The Morgan fingerprint density at radius 2 is 2.05 bits per heavy atom. The van der Waals surface area contributed by atoms with Gasteiger partial charge in [-0.2, -0.15) is 0 Å². The molecule has 2 aromatic rings. The molecule has 1 aromatic heterocycles. The number of carbonyl (C=O) groups excluding carboxylic acids is 1. The normalized spacial score (nSPS) is 20.0. The molecular formula is C16H15NO4. The summed E-state index contributed by atoms with van der Waals surface area (Å²) >= 11 is 0. The number of nitrogens with zero attached hydrogens (tertiary/aromatic N) is 1. The van der Waals surface area contributed by atoms with Crippen LogP contribution in [0.15, 0.2) is 33.7 Å². The molecule has 0 amide bonds. The molecule has 1 fully saturated rings. The van der Waals surface area contributed by atoms with Gasteiger partial charge in [-0.3, -0.25) is 0 Å². The van der Waals surface area contributed by atoms with E-state index in [2.05, 4.69) is 4.99 Å². The van der Waals surface area contributed by atoms with Crippen LogP contribution in [0.4, 0.5) is 0 Å². The van der Waals surface area contributed by atoms with Crippen LogP contribution in [0.1, 0.15) is 31.4 Å². The first-order chi connectivity index (χ1) is 10.2. The summed E-state index contributed by atoms with van der Waals surface area (Å²) in [5, 5.41) is 0.899. The molecule has 0 saturated heterocycles. The molecule has 1 aromatic carbocycles. The third kappa shape index (κ3) is 1.84. The van der Waals surface area contributed by atoms with E-state index < -0.39 is 5.54 Å². The van der Waals surface area contributed by atoms with Crippen LogP contribution in [-0.4, -0.2) is 24.5 Å². The number of cyclic esters (lactones) is 1. The Labute approximate surface area is 121 Å². The average Bonchev–Trinajstić information content (AvgIpc) is 3.19. The van der Waals surface area contributed by atoms with E-state index in [1.165, 1.54) is 0 Å². The second kappa shape index (κ2) is 4.35. The molecule has 1 aliphatic carbocycles. The predicted molar refractivity (Wildman–Crippen MR) is 76.6 cm³/mol. The van der Waals surface area contributed by atoms with E-state index in [9.17, 15) is 4.79 Å². The zero-order valence-electron chi connectivity index (χ0n) is 11.7. The molecule has 4 rings (SSSR count). The van der Waals surface area contributed by atoms with Gasteiger partial charge in [-0.05, 0) is 37.1 Å². The smallest absolute Gasteiger partial charge is 0.341 e. The molecule has 0 unspecified atom stereocenters. The van der Waals surface area contributed by atoms with Gasteiger partial charge in [0, 0.05) is 5.39 Å². The van der Waals surface area contributed by atoms with Gasteiger partial charge in [-0.1, -0.05) is 12.8 Å². The first kappa shape index (κ1) is 12.4. The van der Waals surface area contributed by atoms with Crippen LogP contribution >= 0.6 is 0 Å².